The van der Waals surface area contributed by atoms with Crippen LogP contribution in [-0.2, 0) is 11.3 Å². The largest absolute Gasteiger partial charge is 0.475 e. The number of benzene rings is 1. The van der Waals surface area contributed by atoms with Gasteiger partial charge in [-0.25, -0.2) is 4.79 Å². The minimum absolute atomic E-state index is 0.0929. The minimum Gasteiger partial charge on any atom is -0.475 e. The molecule has 6 heteroatoms. The van der Waals surface area contributed by atoms with Gasteiger partial charge in [-0.3, -0.25) is 4.79 Å². The molecule has 1 unspecified atom stereocenters. The predicted molar refractivity (Wildman–Crippen MR) is 83.9 cm³/mol. The van der Waals surface area contributed by atoms with Crippen LogP contribution in [-0.4, -0.2) is 22.2 Å². The fourth-order valence-electron chi connectivity index (χ4n) is 1.86. The van der Waals surface area contributed by atoms with Crippen LogP contribution < -0.4 is 5.32 Å². The van der Waals surface area contributed by atoms with Crippen molar-refractivity contribution in [3.8, 4) is 0 Å². The lowest BCUT2D eigenvalue weighted by Gasteiger charge is -2.14. The number of carboxylic acid groups (broad SMARTS) is 1. The fraction of sp³-hybridized carbons (Fsp3) is 0.250. The van der Waals surface area contributed by atoms with Crippen LogP contribution in [0.5, 0.6) is 0 Å². The third kappa shape index (κ3) is 4.39. The van der Waals surface area contributed by atoms with E-state index >= 15 is 0 Å². The van der Waals surface area contributed by atoms with Crippen LogP contribution in [0.1, 0.15) is 29.7 Å². The maximum Gasteiger partial charge on any atom is 0.371 e. The van der Waals surface area contributed by atoms with E-state index < -0.39 is 5.97 Å². The Morgan fingerprint density at radius 3 is 2.55 bits per heavy atom. The molecule has 0 spiro atoms. The molecule has 116 valence electrons. The van der Waals surface area contributed by atoms with Crippen LogP contribution in [0.2, 0.25) is 0 Å². The van der Waals surface area contributed by atoms with Crippen LogP contribution in [0.15, 0.2) is 51.8 Å². The SMILES string of the molecule is CCC(Sc1ccccc1)C(=O)NCc1ccc(C(=O)O)o1. The number of rotatable bonds is 7. The number of carbonyl (C=O) groups is 2. The molecule has 1 aromatic carbocycles. The Hall–Kier alpha value is -2.21. The summed E-state index contributed by atoms with van der Waals surface area (Å²) < 4.78 is 5.11. The number of carboxylic acids is 1. The van der Waals surface area contributed by atoms with Gasteiger partial charge in [0.1, 0.15) is 5.76 Å². The van der Waals surface area contributed by atoms with E-state index in [-0.39, 0.29) is 23.5 Å². The van der Waals surface area contributed by atoms with E-state index in [4.69, 9.17) is 9.52 Å². The van der Waals surface area contributed by atoms with Gasteiger partial charge in [-0.2, -0.15) is 0 Å². The molecule has 2 N–H and O–H groups in total. The lowest BCUT2D eigenvalue weighted by atomic mass is 10.3. The van der Waals surface area contributed by atoms with Gasteiger partial charge in [0.05, 0.1) is 11.8 Å². The van der Waals surface area contributed by atoms with Crippen molar-refractivity contribution in [2.24, 2.45) is 0 Å². The van der Waals surface area contributed by atoms with Gasteiger partial charge in [0, 0.05) is 4.90 Å². The lowest BCUT2D eigenvalue weighted by Crippen LogP contribution is -2.31. The summed E-state index contributed by atoms with van der Waals surface area (Å²) in [5, 5.41) is 11.4. The molecule has 5 nitrogen and oxygen atoms in total. The van der Waals surface area contributed by atoms with Gasteiger partial charge in [0.25, 0.3) is 0 Å². The summed E-state index contributed by atoms with van der Waals surface area (Å²) in [7, 11) is 0. The molecular formula is C16H17NO4S. The highest BCUT2D eigenvalue weighted by atomic mass is 32.2. The maximum atomic E-state index is 12.2. The molecule has 0 fully saturated rings. The molecule has 1 aromatic heterocycles. The highest BCUT2D eigenvalue weighted by Crippen LogP contribution is 2.25. The summed E-state index contributed by atoms with van der Waals surface area (Å²) in [4.78, 5) is 24.0. The smallest absolute Gasteiger partial charge is 0.371 e. The van der Waals surface area contributed by atoms with E-state index in [0.717, 1.165) is 4.90 Å². The molecule has 1 amide bonds. The lowest BCUT2D eigenvalue weighted by molar-refractivity contribution is -0.120. The molecule has 0 aliphatic carbocycles. The molecule has 22 heavy (non-hydrogen) atoms. The van der Waals surface area contributed by atoms with Gasteiger partial charge in [-0.05, 0) is 30.7 Å². The van der Waals surface area contributed by atoms with Gasteiger partial charge in [0.15, 0.2) is 0 Å². The number of hydrogen-bond donors (Lipinski definition) is 2. The summed E-state index contributed by atoms with van der Waals surface area (Å²) in [6.07, 6.45) is 0.698. The molecule has 0 aliphatic heterocycles. The zero-order valence-electron chi connectivity index (χ0n) is 12.1. The van der Waals surface area contributed by atoms with Crippen molar-refractivity contribution in [3.63, 3.8) is 0 Å². The minimum atomic E-state index is -1.12. The molecular weight excluding hydrogens is 302 g/mol. The highest BCUT2D eigenvalue weighted by Gasteiger charge is 2.18. The molecule has 1 atom stereocenters. The molecule has 0 bridgehead atoms. The number of amides is 1. The van der Waals surface area contributed by atoms with E-state index in [1.165, 1.54) is 17.8 Å². The topological polar surface area (TPSA) is 79.5 Å². The molecule has 1 heterocycles. The fourth-order valence-corrected chi connectivity index (χ4v) is 2.86. The quantitative estimate of drug-likeness (QED) is 0.766. The van der Waals surface area contributed by atoms with Crippen molar-refractivity contribution in [1.82, 2.24) is 5.32 Å². The third-order valence-corrected chi connectivity index (χ3v) is 4.37. The van der Waals surface area contributed by atoms with Gasteiger partial charge in [-0.15, -0.1) is 11.8 Å². The van der Waals surface area contributed by atoms with Crippen LogP contribution in [0.25, 0.3) is 0 Å². The first-order chi connectivity index (χ1) is 10.6. The second-order valence-electron chi connectivity index (χ2n) is 4.62. The first-order valence-electron chi connectivity index (χ1n) is 6.91. The summed E-state index contributed by atoms with van der Waals surface area (Å²) >= 11 is 1.51. The van der Waals surface area contributed by atoms with Crippen molar-refractivity contribution in [3.05, 3.63) is 54.0 Å². The van der Waals surface area contributed by atoms with E-state index in [2.05, 4.69) is 5.32 Å². The van der Waals surface area contributed by atoms with Gasteiger partial charge in [-0.1, -0.05) is 25.1 Å². The number of thioether (sulfide) groups is 1. The van der Waals surface area contributed by atoms with Crippen molar-refractivity contribution < 1.29 is 19.1 Å². The Morgan fingerprint density at radius 2 is 1.95 bits per heavy atom. The zero-order valence-corrected chi connectivity index (χ0v) is 12.9. The summed E-state index contributed by atoms with van der Waals surface area (Å²) in [6.45, 7) is 2.13. The normalized spacial score (nSPS) is 11.9. The summed E-state index contributed by atoms with van der Waals surface area (Å²) in [6, 6.07) is 12.7. The monoisotopic (exact) mass is 319 g/mol. The Morgan fingerprint density at radius 1 is 1.23 bits per heavy atom. The standard InChI is InChI=1S/C16H17NO4S/c1-2-14(22-12-6-4-3-5-7-12)15(18)17-10-11-8-9-13(21-11)16(19)20/h3-9,14H,2,10H2,1H3,(H,17,18)(H,19,20). The number of carbonyl (C=O) groups excluding carboxylic acids is 1. The highest BCUT2D eigenvalue weighted by molar-refractivity contribution is 8.00. The molecule has 2 aromatic rings. The zero-order chi connectivity index (χ0) is 15.9. The second kappa shape index (κ2) is 7.70. The average Bonchev–Trinajstić information content (AvgIpc) is 3.00. The van der Waals surface area contributed by atoms with Crippen LogP contribution >= 0.6 is 11.8 Å². The third-order valence-electron chi connectivity index (χ3n) is 2.99. The van der Waals surface area contributed by atoms with E-state index in [1.54, 1.807) is 6.07 Å². The molecule has 0 radical (unpaired) electrons. The Kier molecular flexibility index (Phi) is 5.66. The molecule has 0 saturated heterocycles. The summed E-state index contributed by atoms with van der Waals surface area (Å²) in [5.74, 6) is -0.923. The average molecular weight is 319 g/mol. The van der Waals surface area contributed by atoms with Crippen LogP contribution in [0.4, 0.5) is 0 Å². The molecule has 0 aliphatic rings. The first-order valence-corrected chi connectivity index (χ1v) is 7.79. The van der Waals surface area contributed by atoms with Crippen molar-refractivity contribution >= 4 is 23.6 Å². The van der Waals surface area contributed by atoms with Crippen LogP contribution in [0, 0.1) is 0 Å². The van der Waals surface area contributed by atoms with Crippen molar-refractivity contribution in [2.75, 3.05) is 0 Å². The predicted octanol–water partition coefficient (Wildman–Crippen LogP) is 3.16. The maximum absolute atomic E-state index is 12.2. The second-order valence-corrected chi connectivity index (χ2v) is 5.89. The van der Waals surface area contributed by atoms with E-state index in [1.807, 2.05) is 37.3 Å². The Bertz CT molecular complexity index is 639. The Labute approximate surface area is 132 Å². The molecule has 2 rings (SSSR count). The molecule has 0 saturated carbocycles. The number of furan rings is 1. The number of hydrogen-bond acceptors (Lipinski definition) is 4. The van der Waals surface area contributed by atoms with Gasteiger partial charge >= 0.3 is 5.97 Å². The summed E-state index contributed by atoms with van der Waals surface area (Å²) in [5.41, 5.74) is 0. The van der Waals surface area contributed by atoms with Gasteiger partial charge in [0.2, 0.25) is 11.7 Å². The number of aromatic carboxylic acids is 1. The first kappa shape index (κ1) is 16.2. The van der Waals surface area contributed by atoms with Crippen molar-refractivity contribution in [2.45, 2.75) is 30.0 Å². The Balaban J connectivity index is 1.90. The van der Waals surface area contributed by atoms with Gasteiger partial charge < -0.3 is 14.8 Å². The number of nitrogens with one attached hydrogen (secondary N) is 1. The van der Waals surface area contributed by atoms with Crippen molar-refractivity contribution in [1.29, 1.82) is 0 Å². The van der Waals surface area contributed by atoms with E-state index in [9.17, 15) is 9.59 Å². The van der Waals surface area contributed by atoms with E-state index in [0.29, 0.717) is 12.2 Å². The van der Waals surface area contributed by atoms with Crippen LogP contribution in [0.3, 0.4) is 0 Å².